The van der Waals surface area contributed by atoms with Crippen molar-refractivity contribution in [2.75, 3.05) is 31.6 Å². The molecule has 1 N–H and O–H groups in total. The van der Waals surface area contributed by atoms with Crippen LogP contribution in [0.2, 0.25) is 0 Å². The average molecular weight is 256 g/mol. The summed E-state index contributed by atoms with van der Waals surface area (Å²) in [5.41, 5.74) is 0.533. The van der Waals surface area contributed by atoms with Crippen LogP contribution in [-0.4, -0.2) is 48.6 Å². The summed E-state index contributed by atoms with van der Waals surface area (Å²) in [4.78, 5) is 2.70. The third kappa shape index (κ3) is 3.87. The maximum absolute atomic E-state index is 3.52. The van der Waals surface area contributed by atoms with Gasteiger partial charge in [-0.15, -0.1) is 0 Å². The van der Waals surface area contributed by atoms with E-state index in [4.69, 9.17) is 0 Å². The standard InChI is InChI=1S/C14H28N2S/c1-14(2)9-13(10-17-11-14)16(3)12-5-4-7-15-8-6-12/h12-13,15H,4-11H2,1-3H3. The first-order chi connectivity index (χ1) is 8.08. The van der Waals surface area contributed by atoms with Crippen LogP contribution in [0.15, 0.2) is 0 Å². The van der Waals surface area contributed by atoms with Crippen molar-refractivity contribution in [2.24, 2.45) is 5.41 Å². The van der Waals surface area contributed by atoms with Crippen molar-refractivity contribution in [3.05, 3.63) is 0 Å². The number of hydrogen-bond donors (Lipinski definition) is 1. The first-order valence-electron chi connectivity index (χ1n) is 7.09. The van der Waals surface area contributed by atoms with Crippen molar-refractivity contribution in [3.8, 4) is 0 Å². The Kier molecular flexibility index (Phi) is 4.79. The molecule has 0 aromatic rings. The molecule has 0 aromatic carbocycles. The molecule has 17 heavy (non-hydrogen) atoms. The predicted octanol–water partition coefficient (Wildman–Crippen LogP) is 2.59. The van der Waals surface area contributed by atoms with Crippen LogP contribution in [0.25, 0.3) is 0 Å². The van der Waals surface area contributed by atoms with Crippen LogP contribution >= 0.6 is 11.8 Å². The molecule has 2 unspecified atom stereocenters. The highest BCUT2D eigenvalue weighted by atomic mass is 32.2. The van der Waals surface area contributed by atoms with E-state index in [9.17, 15) is 0 Å². The van der Waals surface area contributed by atoms with Gasteiger partial charge in [-0.05, 0) is 57.0 Å². The molecule has 3 heteroatoms. The lowest BCUT2D eigenvalue weighted by atomic mass is 9.86. The van der Waals surface area contributed by atoms with E-state index in [2.05, 4.69) is 42.9 Å². The second-order valence-electron chi connectivity index (χ2n) is 6.54. The van der Waals surface area contributed by atoms with Gasteiger partial charge in [0, 0.05) is 17.8 Å². The number of hydrogen-bond acceptors (Lipinski definition) is 3. The van der Waals surface area contributed by atoms with Crippen molar-refractivity contribution < 1.29 is 0 Å². The topological polar surface area (TPSA) is 15.3 Å². The van der Waals surface area contributed by atoms with Gasteiger partial charge in [0.25, 0.3) is 0 Å². The first kappa shape index (κ1) is 13.7. The maximum Gasteiger partial charge on any atom is 0.0191 e. The van der Waals surface area contributed by atoms with Crippen molar-refractivity contribution in [3.63, 3.8) is 0 Å². The largest absolute Gasteiger partial charge is 0.317 e. The van der Waals surface area contributed by atoms with E-state index in [0.717, 1.165) is 12.1 Å². The van der Waals surface area contributed by atoms with Crippen molar-refractivity contribution in [1.82, 2.24) is 10.2 Å². The highest BCUT2D eigenvalue weighted by Gasteiger charge is 2.33. The van der Waals surface area contributed by atoms with E-state index < -0.39 is 0 Å². The molecule has 0 saturated carbocycles. The fraction of sp³-hybridized carbons (Fsp3) is 1.00. The van der Waals surface area contributed by atoms with Crippen LogP contribution in [0.4, 0.5) is 0 Å². The Morgan fingerprint density at radius 2 is 2.00 bits per heavy atom. The molecule has 0 bridgehead atoms. The van der Waals surface area contributed by atoms with Crippen LogP contribution < -0.4 is 5.32 Å². The summed E-state index contributed by atoms with van der Waals surface area (Å²) in [6.07, 6.45) is 5.43. The van der Waals surface area contributed by atoms with E-state index in [0.29, 0.717) is 5.41 Å². The number of thioether (sulfide) groups is 1. The normalized spacial score (nSPS) is 34.6. The molecule has 0 aliphatic carbocycles. The van der Waals surface area contributed by atoms with Crippen molar-refractivity contribution in [2.45, 2.75) is 51.6 Å². The van der Waals surface area contributed by atoms with Gasteiger partial charge < -0.3 is 5.32 Å². The van der Waals surface area contributed by atoms with Crippen LogP contribution in [0, 0.1) is 5.41 Å². The monoisotopic (exact) mass is 256 g/mol. The van der Waals surface area contributed by atoms with Gasteiger partial charge in [-0.2, -0.15) is 11.8 Å². The minimum absolute atomic E-state index is 0.533. The molecule has 2 atom stereocenters. The summed E-state index contributed by atoms with van der Waals surface area (Å²) in [6.45, 7) is 7.27. The Morgan fingerprint density at radius 1 is 1.18 bits per heavy atom. The number of rotatable bonds is 2. The van der Waals surface area contributed by atoms with E-state index in [-0.39, 0.29) is 0 Å². The lowest BCUT2D eigenvalue weighted by Gasteiger charge is -2.42. The summed E-state index contributed by atoms with van der Waals surface area (Å²) in [5, 5.41) is 3.52. The van der Waals surface area contributed by atoms with Gasteiger partial charge in [0.2, 0.25) is 0 Å². The second-order valence-corrected chi connectivity index (χ2v) is 7.57. The van der Waals surface area contributed by atoms with Crippen LogP contribution in [0.3, 0.4) is 0 Å². The zero-order valence-electron chi connectivity index (χ0n) is 11.7. The lowest BCUT2D eigenvalue weighted by molar-refractivity contribution is 0.133. The van der Waals surface area contributed by atoms with Gasteiger partial charge in [-0.3, -0.25) is 4.90 Å². The molecule has 0 spiro atoms. The van der Waals surface area contributed by atoms with Crippen molar-refractivity contribution in [1.29, 1.82) is 0 Å². The van der Waals surface area contributed by atoms with Crippen LogP contribution in [-0.2, 0) is 0 Å². The molecule has 2 aliphatic rings. The molecular formula is C14H28N2S. The smallest absolute Gasteiger partial charge is 0.0191 e. The summed E-state index contributed by atoms with van der Waals surface area (Å²) in [5.74, 6) is 2.67. The minimum atomic E-state index is 0.533. The molecule has 2 aliphatic heterocycles. The second kappa shape index (κ2) is 5.94. The molecule has 100 valence electrons. The van der Waals surface area contributed by atoms with Gasteiger partial charge in [0.1, 0.15) is 0 Å². The van der Waals surface area contributed by atoms with Crippen molar-refractivity contribution >= 4 is 11.8 Å². The van der Waals surface area contributed by atoms with Crippen LogP contribution in [0.1, 0.15) is 39.5 Å². The summed E-state index contributed by atoms with van der Waals surface area (Å²) >= 11 is 2.15. The zero-order chi connectivity index (χ0) is 12.3. The number of nitrogens with one attached hydrogen (secondary N) is 1. The van der Waals surface area contributed by atoms with Gasteiger partial charge >= 0.3 is 0 Å². The van der Waals surface area contributed by atoms with E-state index in [1.54, 1.807) is 0 Å². The third-order valence-electron chi connectivity index (χ3n) is 4.29. The van der Waals surface area contributed by atoms with Gasteiger partial charge in [0.15, 0.2) is 0 Å². The molecule has 0 radical (unpaired) electrons. The quantitative estimate of drug-likeness (QED) is 0.817. The maximum atomic E-state index is 3.52. The fourth-order valence-corrected chi connectivity index (χ4v) is 4.61. The molecule has 2 heterocycles. The summed E-state index contributed by atoms with van der Waals surface area (Å²) in [6, 6.07) is 1.61. The SMILES string of the molecule is CN(C1CCCNCC1)C1CSCC(C)(C)C1. The Hall–Kier alpha value is 0.270. The van der Waals surface area contributed by atoms with Gasteiger partial charge in [-0.25, -0.2) is 0 Å². The highest BCUT2D eigenvalue weighted by molar-refractivity contribution is 7.99. The molecule has 2 rings (SSSR count). The summed E-state index contributed by atoms with van der Waals surface area (Å²) < 4.78 is 0. The third-order valence-corrected chi connectivity index (χ3v) is 5.89. The lowest BCUT2D eigenvalue weighted by Crippen LogP contribution is -2.46. The first-order valence-corrected chi connectivity index (χ1v) is 8.24. The minimum Gasteiger partial charge on any atom is -0.317 e. The van der Waals surface area contributed by atoms with E-state index >= 15 is 0 Å². The van der Waals surface area contributed by atoms with E-state index in [1.165, 1.54) is 50.3 Å². The predicted molar refractivity (Wildman–Crippen MR) is 77.8 cm³/mol. The fourth-order valence-electron chi connectivity index (χ4n) is 3.19. The number of nitrogens with zero attached hydrogens (tertiary/aromatic N) is 1. The van der Waals surface area contributed by atoms with Crippen LogP contribution in [0.5, 0.6) is 0 Å². The highest BCUT2D eigenvalue weighted by Crippen LogP contribution is 2.36. The molecule has 0 amide bonds. The zero-order valence-corrected chi connectivity index (χ0v) is 12.5. The van der Waals surface area contributed by atoms with Gasteiger partial charge in [0.05, 0.1) is 0 Å². The summed E-state index contributed by atoms with van der Waals surface area (Å²) in [7, 11) is 2.36. The average Bonchev–Trinajstić information content (AvgIpc) is 2.55. The molecule has 2 fully saturated rings. The Balaban J connectivity index is 1.91. The van der Waals surface area contributed by atoms with Gasteiger partial charge in [-0.1, -0.05) is 13.8 Å². The molecular weight excluding hydrogens is 228 g/mol. The molecule has 0 aromatic heterocycles. The van der Waals surface area contributed by atoms with E-state index in [1.807, 2.05) is 0 Å². The Bertz CT molecular complexity index is 234. The Labute approximate surface area is 111 Å². The molecule has 2 saturated heterocycles. The Morgan fingerprint density at radius 3 is 2.76 bits per heavy atom. The molecule has 2 nitrogen and oxygen atoms in total.